The van der Waals surface area contributed by atoms with E-state index in [9.17, 15) is 5.11 Å². The van der Waals surface area contributed by atoms with Crippen LogP contribution in [0.4, 0.5) is 0 Å². The smallest absolute Gasteiger partial charge is 0.0642 e. The lowest BCUT2D eigenvalue weighted by atomic mass is 9.47. The Hall–Kier alpha value is -0.600. The van der Waals surface area contributed by atoms with Gasteiger partial charge in [-0.2, -0.15) is 0 Å². The van der Waals surface area contributed by atoms with E-state index in [1.165, 1.54) is 25.7 Å². The summed E-state index contributed by atoms with van der Waals surface area (Å²) in [4.78, 5) is 0. The Morgan fingerprint density at radius 3 is 2.68 bits per heavy atom. The van der Waals surface area contributed by atoms with Crippen molar-refractivity contribution in [2.75, 3.05) is 13.2 Å². The summed E-state index contributed by atoms with van der Waals surface area (Å²) in [6.45, 7) is 9.81. The highest BCUT2D eigenvalue weighted by Crippen LogP contribution is 2.61. The molecule has 0 saturated heterocycles. The van der Waals surface area contributed by atoms with Gasteiger partial charge in [-0.05, 0) is 73.7 Å². The van der Waals surface area contributed by atoms with Gasteiger partial charge in [0.1, 0.15) is 0 Å². The standard InChI is InChI=1S/C20H34O2/c1-15-6-5-7-18-19(15,3)11-8-16(2)20(18,4)12-9-17(14-22)10-13-21/h6,10,16,18,21-22H,5,7-9,11-14H2,1-4H3/b17-10-/t16-,18+,19+,20+/m1/s1. The van der Waals surface area contributed by atoms with Crippen molar-refractivity contribution >= 4 is 0 Å². The predicted molar refractivity (Wildman–Crippen MR) is 92.6 cm³/mol. The second-order valence-electron chi connectivity index (χ2n) is 8.08. The molecule has 2 aliphatic rings. The highest BCUT2D eigenvalue weighted by atomic mass is 16.3. The van der Waals surface area contributed by atoms with Crippen molar-refractivity contribution in [3.05, 3.63) is 23.3 Å². The molecule has 0 aromatic heterocycles. The van der Waals surface area contributed by atoms with Gasteiger partial charge in [-0.25, -0.2) is 0 Å². The number of hydrogen-bond donors (Lipinski definition) is 2. The highest BCUT2D eigenvalue weighted by Gasteiger charge is 2.52. The third kappa shape index (κ3) is 3.05. The van der Waals surface area contributed by atoms with Crippen LogP contribution in [-0.4, -0.2) is 23.4 Å². The van der Waals surface area contributed by atoms with Crippen molar-refractivity contribution in [1.29, 1.82) is 0 Å². The first-order chi connectivity index (χ1) is 10.4. The third-order valence-corrected chi connectivity index (χ3v) is 7.16. The summed E-state index contributed by atoms with van der Waals surface area (Å²) >= 11 is 0. The fourth-order valence-corrected chi connectivity index (χ4v) is 5.14. The van der Waals surface area contributed by atoms with Crippen LogP contribution in [-0.2, 0) is 0 Å². The molecule has 1 fully saturated rings. The summed E-state index contributed by atoms with van der Waals surface area (Å²) in [7, 11) is 0. The molecular formula is C20H34O2. The monoisotopic (exact) mass is 306 g/mol. The molecule has 126 valence electrons. The molecule has 0 aromatic carbocycles. The van der Waals surface area contributed by atoms with Gasteiger partial charge in [0.05, 0.1) is 13.2 Å². The number of aliphatic hydroxyl groups is 2. The second-order valence-corrected chi connectivity index (χ2v) is 8.08. The summed E-state index contributed by atoms with van der Waals surface area (Å²) in [5.41, 5.74) is 3.27. The average Bonchev–Trinajstić information content (AvgIpc) is 2.50. The minimum absolute atomic E-state index is 0.0329. The molecule has 0 amide bonds. The Morgan fingerprint density at radius 2 is 2.05 bits per heavy atom. The number of fused-ring (bicyclic) bond motifs is 1. The van der Waals surface area contributed by atoms with Crippen LogP contribution in [0.15, 0.2) is 23.3 Å². The molecule has 2 nitrogen and oxygen atoms in total. The van der Waals surface area contributed by atoms with Gasteiger partial charge >= 0.3 is 0 Å². The summed E-state index contributed by atoms with van der Waals surface area (Å²) in [5, 5.41) is 18.6. The maximum atomic E-state index is 9.47. The molecule has 0 heterocycles. The molecule has 0 aromatic rings. The van der Waals surface area contributed by atoms with E-state index in [0.717, 1.165) is 30.3 Å². The molecule has 2 N–H and O–H groups in total. The van der Waals surface area contributed by atoms with Crippen molar-refractivity contribution in [3.63, 3.8) is 0 Å². The lowest BCUT2D eigenvalue weighted by Crippen LogP contribution is -2.49. The van der Waals surface area contributed by atoms with Gasteiger partial charge in [-0.3, -0.25) is 0 Å². The topological polar surface area (TPSA) is 40.5 Å². The first-order valence-corrected chi connectivity index (χ1v) is 8.95. The van der Waals surface area contributed by atoms with Crippen LogP contribution in [0.25, 0.3) is 0 Å². The quantitative estimate of drug-likeness (QED) is 0.735. The van der Waals surface area contributed by atoms with Gasteiger partial charge in [-0.15, -0.1) is 0 Å². The number of rotatable bonds is 5. The summed E-state index contributed by atoms with van der Waals surface area (Å²) in [6, 6.07) is 0. The van der Waals surface area contributed by atoms with Crippen LogP contribution in [0.5, 0.6) is 0 Å². The SMILES string of the molecule is CC1=CCC[C@@H]2[C@@](C)(CC/C(=C/CO)CO)[C@H](C)CC[C@@]12C. The lowest BCUT2D eigenvalue weighted by Gasteiger charge is -2.58. The van der Waals surface area contributed by atoms with Crippen LogP contribution >= 0.6 is 0 Å². The lowest BCUT2D eigenvalue weighted by molar-refractivity contribution is -0.0469. The molecule has 1 saturated carbocycles. The molecule has 0 unspecified atom stereocenters. The van der Waals surface area contributed by atoms with E-state index in [2.05, 4.69) is 33.8 Å². The van der Waals surface area contributed by atoms with Crippen LogP contribution in [0.2, 0.25) is 0 Å². The van der Waals surface area contributed by atoms with Crippen molar-refractivity contribution in [2.45, 2.75) is 66.2 Å². The Labute approximate surface area is 136 Å². The van der Waals surface area contributed by atoms with Crippen LogP contribution in [0.3, 0.4) is 0 Å². The number of hydrogen-bond acceptors (Lipinski definition) is 2. The average molecular weight is 306 g/mol. The number of aliphatic hydroxyl groups excluding tert-OH is 2. The fourth-order valence-electron chi connectivity index (χ4n) is 5.14. The molecule has 0 aliphatic heterocycles. The summed E-state index contributed by atoms with van der Waals surface area (Å²) in [5.74, 6) is 1.47. The first-order valence-electron chi connectivity index (χ1n) is 8.95. The van der Waals surface area contributed by atoms with Gasteiger partial charge in [0.15, 0.2) is 0 Å². The van der Waals surface area contributed by atoms with Gasteiger partial charge in [0.2, 0.25) is 0 Å². The minimum Gasteiger partial charge on any atom is -0.392 e. The van der Waals surface area contributed by atoms with Crippen molar-refractivity contribution in [1.82, 2.24) is 0 Å². The van der Waals surface area contributed by atoms with E-state index >= 15 is 0 Å². The second kappa shape index (κ2) is 6.88. The molecule has 0 radical (unpaired) electrons. The van der Waals surface area contributed by atoms with Gasteiger partial charge < -0.3 is 10.2 Å². The maximum absolute atomic E-state index is 9.47. The molecule has 2 heteroatoms. The van der Waals surface area contributed by atoms with Crippen molar-refractivity contribution in [3.8, 4) is 0 Å². The van der Waals surface area contributed by atoms with E-state index in [-0.39, 0.29) is 13.2 Å². The Bertz CT molecular complexity index is 451. The van der Waals surface area contributed by atoms with Crippen molar-refractivity contribution in [2.24, 2.45) is 22.7 Å². The molecule has 0 spiro atoms. The van der Waals surface area contributed by atoms with E-state index in [1.807, 2.05) is 0 Å². The molecule has 2 rings (SSSR count). The number of allylic oxidation sites excluding steroid dienone is 2. The van der Waals surface area contributed by atoms with E-state index in [1.54, 1.807) is 11.6 Å². The molecule has 22 heavy (non-hydrogen) atoms. The summed E-state index contributed by atoms with van der Waals surface area (Å²) in [6.07, 6.45) is 11.4. The van der Waals surface area contributed by atoms with Gasteiger partial charge in [0.25, 0.3) is 0 Å². The fraction of sp³-hybridized carbons (Fsp3) is 0.800. The first kappa shape index (κ1) is 17.7. The molecule has 2 aliphatic carbocycles. The van der Waals surface area contributed by atoms with Crippen LogP contribution in [0.1, 0.15) is 66.2 Å². The zero-order valence-corrected chi connectivity index (χ0v) is 14.9. The summed E-state index contributed by atoms with van der Waals surface area (Å²) < 4.78 is 0. The molecule has 4 atom stereocenters. The Morgan fingerprint density at radius 1 is 1.32 bits per heavy atom. The largest absolute Gasteiger partial charge is 0.392 e. The normalized spacial score (nSPS) is 39.4. The van der Waals surface area contributed by atoms with Gasteiger partial charge in [-0.1, -0.05) is 38.5 Å². The molecule has 0 bridgehead atoms. The Kier molecular flexibility index (Phi) is 5.55. The molecular weight excluding hydrogens is 272 g/mol. The van der Waals surface area contributed by atoms with Crippen molar-refractivity contribution < 1.29 is 10.2 Å². The van der Waals surface area contributed by atoms with E-state index < -0.39 is 0 Å². The van der Waals surface area contributed by atoms with Crippen LogP contribution < -0.4 is 0 Å². The zero-order chi connectivity index (χ0) is 16.4. The third-order valence-electron chi connectivity index (χ3n) is 7.16. The predicted octanol–water partition coefficient (Wildman–Crippen LogP) is 4.48. The zero-order valence-electron chi connectivity index (χ0n) is 14.9. The van der Waals surface area contributed by atoms with Gasteiger partial charge in [0, 0.05) is 0 Å². The van der Waals surface area contributed by atoms with Crippen LogP contribution in [0, 0.1) is 22.7 Å². The Balaban J connectivity index is 2.22. The van der Waals surface area contributed by atoms with E-state index in [0.29, 0.717) is 10.8 Å². The van der Waals surface area contributed by atoms with E-state index in [4.69, 9.17) is 5.11 Å². The highest BCUT2D eigenvalue weighted by molar-refractivity contribution is 5.21. The minimum atomic E-state index is 0.0329. The maximum Gasteiger partial charge on any atom is 0.0642 e.